The van der Waals surface area contributed by atoms with E-state index in [1.807, 2.05) is 11.4 Å². The predicted molar refractivity (Wildman–Crippen MR) is 77.7 cm³/mol. The number of hydrogen-bond donors (Lipinski definition) is 2. The monoisotopic (exact) mass is 292 g/mol. The van der Waals surface area contributed by atoms with Crippen molar-refractivity contribution in [3.63, 3.8) is 0 Å². The zero-order chi connectivity index (χ0) is 14.1. The van der Waals surface area contributed by atoms with Gasteiger partial charge in [0.1, 0.15) is 10.5 Å². The van der Waals surface area contributed by atoms with Crippen LogP contribution in [0.3, 0.4) is 0 Å². The lowest BCUT2D eigenvalue weighted by atomic mass is 10.4. The van der Waals surface area contributed by atoms with Crippen molar-refractivity contribution in [2.45, 2.75) is 25.4 Å². The second kappa shape index (κ2) is 5.34. The molecule has 0 bridgehead atoms. The summed E-state index contributed by atoms with van der Waals surface area (Å²) < 4.78 is 0.623. The third kappa shape index (κ3) is 2.88. The lowest BCUT2D eigenvalue weighted by Gasteiger charge is -2.16. The third-order valence-electron chi connectivity index (χ3n) is 3.30. The summed E-state index contributed by atoms with van der Waals surface area (Å²) in [4.78, 5) is 32.4. The highest BCUT2D eigenvalue weighted by Gasteiger charge is 2.22. The number of amides is 1. The molecule has 20 heavy (non-hydrogen) atoms. The molecular weight excluding hydrogens is 276 g/mol. The zero-order valence-electron chi connectivity index (χ0n) is 11.2. The van der Waals surface area contributed by atoms with Gasteiger partial charge in [0.05, 0.1) is 18.6 Å². The molecule has 3 rings (SSSR count). The van der Waals surface area contributed by atoms with Crippen molar-refractivity contribution in [1.82, 2.24) is 20.2 Å². The smallest absolute Gasteiger partial charge is 0.268 e. The van der Waals surface area contributed by atoms with Crippen LogP contribution in [0, 0.1) is 0 Å². The van der Waals surface area contributed by atoms with Crippen LogP contribution in [0.15, 0.2) is 16.2 Å². The standard InChI is InChI=1S/C13H16N4O2S/c1-17(11(18)6-14-8-2-3-8)7-10-15-9-4-5-20-12(9)13(19)16-10/h4-5,8,14H,2-3,6-7H2,1H3,(H,15,16,19). The van der Waals surface area contributed by atoms with Gasteiger partial charge in [-0.25, -0.2) is 4.98 Å². The molecule has 1 fully saturated rings. The number of rotatable bonds is 5. The summed E-state index contributed by atoms with van der Waals surface area (Å²) in [5.74, 6) is 0.521. The van der Waals surface area contributed by atoms with Gasteiger partial charge in [0.25, 0.3) is 5.56 Å². The molecule has 0 unspecified atom stereocenters. The molecule has 0 radical (unpaired) electrons. The maximum absolute atomic E-state index is 11.9. The Balaban J connectivity index is 1.67. The van der Waals surface area contributed by atoms with Gasteiger partial charge in [-0.15, -0.1) is 11.3 Å². The highest BCUT2D eigenvalue weighted by Crippen LogP contribution is 2.18. The van der Waals surface area contributed by atoms with Crippen LogP contribution in [0.25, 0.3) is 10.2 Å². The average Bonchev–Trinajstić information content (AvgIpc) is 3.12. The van der Waals surface area contributed by atoms with Crippen molar-refractivity contribution in [3.8, 4) is 0 Å². The Morgan fingerprint density at radius 2 is 2.40 bits per heavy atom. The Morgan fingerprint density at radius 3 is 3.15 bits per heavy atom. The van der Waals surface area contributed by atoms with Crippen LogP contribution >= 0.6 is 11.3 Å². The van der Waals surface area contributed by atoms with Gasteiger partial charge in [-0.2, -0.15) is 0 Å². The minimum Gasteiger partial charge on any atom is -0.337 e. The quantitative estimate of drug-likeness (QED) is 0.850. The number of aromatic amines is 1. The molecule has 6 nitrogen and oxygen atoms in total. The van der Waals surface area contributed by atoms with E-state index in [2.05, 4.69) is 15.3 Å². The van der Waals surface area contributed by atoms with E-state index in [-0.39, 0.29) is 11.5 Å². The van der Waals surface area contributed by atoms with Gasteiger partial charge in [0.15, 0.2) is 0 Å². The molecule has 1 aliphatic carbocycles. The van der Waals surface area contributed by atoms with Crippen molar-refractivity contribution in [1.29, 1.82) is 0 Å². The van der Waals surface area contributed by atoms with E-state index >= 15 is 0 Å². The highest BCUT2D eigenvalue weighted by molar-refractivity contribution is 7.17. The number of carbonyl (C=O) groups excluding carboxylic acids is 1. The SMILES string of the molecule is CN(Cc1nc2ccsc2c(=O)[nH]1)C(=O)CNC1CC1. The number of H-pyrrole nitrogens is 1. The van der Waals surface area contributed by atoms with Crippen LogP contribution in [0.1, 0.15) is 18.7 Å². The Morgan fingerprint density at radius 1 is 1.60 bits per heavy atom. The van der Waals surface area contributed by atoms with Gasteiger partial charge in [-0.05, 0) is 24.3 Å². The molecule has 2 heterocycles. The number of nitrogens with one attached hydrogen (secondary N) is 2. The van der Waals surface area contributed by atoms with Gasteiger partial charge in [-0.1, -0.05) is 0 Å². The largest absolute Gasteiger partial charge is 0.337 e. The molecule has 2 aromatic rings. The summed E-state index contributed by atoms with van der Waals surface area (Å²) in [7, 11) is 1.72. The number of fused-ring (bicyclic) bond motifs is 1. The summed E-state index contributed by atoms with van der Waals surface area (Å²) in [6, 6.07) is 2.32. The van der Waals surface area contributed by atoms with Crippen LogP contribution in [0.2, 0.25) is 0 Å². The molecule has 7 heteroatoms. The summed E-state index contributed by atoms with van der Waals surface area (Å²) in [5, 5.41) is 5.02. The maximum Gasteiger partial charge on any atom is 0.268 e. The van der Waals surface area contributed by atoms with E-state index < -0.39 is 0 Å². The molecule has 1 saturated carbocycles. The van der Waals surface area contributed by atoms with E-state index in [1.54, 1.807) is 11.9 Å². The molecule has 106 valence electrons. The van der Waals surface area contributed by atoms with Crippen molar-refractivity contribution in [2.75, 3.05) is 13.6 Å². The minimum absolute atomic E-state index is 0.00460. The second-order valence-electron chi connectivity index (χ2n) is 5.05. The molecule has 1 amide bonds. The molecule has 0 aromatic carbocycles. The first-order chi connectivity index (χ1) is 9.63. The molecule has 2 N–H and O–H groups in total. The van der Waals surface area contributed by atoms with E-state index in [0.29, 0.717) is 35.2 Å². The number of carbonyl (C=O) groups is 1. The highest BCUT2D eigenvalue weighted by atomic mass is 32.1. The normalized spacial score (nSPS) is 14.7. The fourth-order valence-electron chi connectivity index (χ4n) is 1.96. The lowest BCUT2D eigenvalue weighted by molar-refractivity contribution is -0.129. The zero-order valence-corrected chi connectivity index (χ0v) is 12.0. The van der Waals surface area contributed by atoms with Crippen LogP contribution in [0.5, 0.6) is 0 Å². The molecule has 0 spiro atoms. The summed E-state index contributed by atoms with van der Waals surface area (Å²) in [5.41, 5.74) is 0.544. The predicted octanol–water partition coefficient (Wildman–Crippen LogP) is 0.695. The van der Waals surface area contributed by atoms with Gasteiger partial charge in [0.2, 0.25) is 5.91 Å². The topological polar surface area (TPSA) is 78.1 Å². The number of nitrogens with zero attached hydrogens (tertiary/aromatic N) is 2. The first-order valence-corrected chi connectivity index (χ1v) is 7.45. The first kappa shape index (κ1) is 13.3. The number of aromatic nitrogens is 2. The summed E-state index contributed by atoms with van der Waals surface area (Å²) >= 11 is 1.37. The van der Waals surface area contributed by atoms with E-state index in [9.17, 15) is 9.59 Å². The van der Waals surface area contributed by atoms with Crippen molar-refractivity contribution in [3.05, 3.63) is 27.6 Å². The molecule has 0 aliphatic heterocycles. The molecular formula is C13H16N4O2S. The Bertz CT molecular complexity index is 689. The van der Waals surface area contributed by atoms with Crippen LogP contribution in [-0.4, -0.2) is 40.4 Å². The molecule has 0 saturated heterocycles. The van der Waals surface area contributed by atoms with Crippen LogP contribution in [-0.2, 0) is 11.3 Å². The van der Waals surface area contributed by atoms with Crippen molar-refractivity contribution in [2.24, 2.45) is 0 Å². The Hall–Kier alpha value is -1.73. The van der Waals surface area contributed by atoms with E-state index in [0.717, 1.165) is 12.8 Å². The molecule has 1 aliphatic rings. The van der Waals surface area contributed by atoms with Crippen molar-refractivity contribution >= 4 is 27.5 Å². The fraction of sp³-hybridized carbons (Fsp3) is 0.462. The second-order valence-corrected chi connectivity index (χ2v) is 5.97. The third-order valence-corrected chi connectivity index (χ3v) is 4.20. The Kier molecular flexibility index (Phi) is 3.54. The first-order valence-electron chi connectivity index (χ1n) is 6.57. The van der Waals surface area contributed by atoms with Gasteiger partial charge in [-0.3, -0.25) is 9.59 Å². The van der Waals surface area contributed by atoms with E-state index in [1.165, 1.54) is 11.3 Å². The maximum atomic E-state index is 11.9. The summed E-state index contributed by atoms with van der Waals surface area (Å²) in [6.07, 6.45) is 2.31. The van der Waals surface area contributed by atoms with E-state index in [4.69, 9.17) is 0 Å². The van der Waals surface area contributed by atoms with Gasteiger partial charge < -0.3 is 15.2 Å². The van der Waals surface area contributed by atoms with Gasteiger partial charge in [0, 0.05) is 13.1 Å². The molecule has 0 atom stereocenters. The average molecular weight is 292 g/mol. The summed E-state index contributed by atoms with van der Waals surface area (Å²) in [6.45, 7) is 0.651. The number of thiophene rings is 1. The minimum atomic E-state index is -0.142. The van der Waals surface area contributed by atoms with Crippen molar-refractivity contribution < 1.29 is 4.79 Å². The van der Waals surface area contributed by atoms with Crippen LogP contribution < -0.4 is 10.9 Å². The number of hydrogen-bond acceptors (Lipinski definition) is 5. The fourth-order valence-corrected chi connectivity index (χ4v) is 2.69. The number of likely N-dealkylation sites (N-methyl/N-ethyl adjacent to an activating group) is 1. The molecule has 2 aromatic heterocycles. The van der Waals surface area contributed by atoms with Crippen LogP contribution in [0.4, 0.5) is 0 Å². The van der Waals surface area contributed by atoms with Gasteiger partial charge >= 0.3 is 0 Å². The Labute approximate surface area is 119 Å². The lowest BCUT2D eigenvalue weighted by Crippen LogP contribution is -2.36.